The van der Waals surface area contributed by atoms with Crippen LogP contribution in [-0.4, -0.2) is 18.1 Å². The van der Waals surface area contributed by atoms with Crippen LogP contribution in [0, 0.1) is 5.82 Å². The fraction of sp³-hybridized carbons (Fsp3) is 0.143. The molecule has 4 nitrogen and oxygen atoms in total. The molecule has 20 heavy (non-hydrogen) atoms. The maximum absolute atomic E-state index is 13.7. The summed E-state index contributed by atoms with van der Waals surface area (Å²) in [6.07, 6.45) is 1.66. The third-order valence-electron chi connectivity index (χ3n) is 2.64. The lowest BCUT2D eigenvalue weighted by Crippen LogP contribution is -2.06. The highest BCUT2D eigenvalue weighted by atomic mass is 79.9. The lowest BCUT2D eigenvalue weighted by molar-refractivity contribution is 0.0600. The summed E-state index contributed by atoms with van der Waals surface area (Å²) in [6.45, 7) is 0.356. The number of benzene rings is 1. The van der Waals surface area contributed by atoms with Gasteiger partial charge in [0.25, 0.3) is 0 Å². The van der Waals surface area contributed by atoms with Crippen molar-refractivity contribution in [3.8, 4) is 0 Å². The quantitative estimate of drug-likeness (QED) is 0.868. The van der Waals surface area contributed by atoms with Crippen LogP contribution in [0.1, 0.15) is 16.1 Å². The first-order chi connectivity index (χ1) is 9.60. The van der Waals surface area contributed by atoms with E-state index in [1.165, 1.54) is 25.3 Å². The molecule has 0 radical (unpaired) electrons. The number of nitrogens with one attached hydrogen (secondary N) is 1. The fourth-order valence-corrected chi connectivity index (χ4v) is 1.84. The Bertz CT molecular complexity index is 617. The lowest BCUT2D eigenvalue weighted by atomic mass is 10.2. The number of carbonyl (C=O) groups excluding carboxylic acids is 1. The minimum absolute atomic E-state index is 0.234. The number of pyridine rings is 1. The van der Waals surface area contributed by atoms with Crippen molar-refractivity contribution in [2.45, 2.75) is 6.54 Å². The van der Waals surface area contributed by atoms with Crippen molar-refractivity contribution >= 4 is 27.6 Å². The van der Waals surface area contributed by atoms with Crippen LogP contribution < -0.4 is 5.32 Å². The van der Waals surface area contributed by atoms with E-state index >= 15 is 0 Å². The summed E-state index contributed by atoms with van der Waals surface area (Å²) < 4.78 is 19.1. The fourth-order valence-electron chi connectivity index (χ4n) is 1.60. The smallest absolute Gasteiger partial charge is 0.337 e. The SMILES string of the molecule is COC(=O)c1ccc(F)c(NCc2ccc(Br)cn2)c1. The number of nitrogens with zero attached hydrogens (tertiary/aromatic N) is 1. The van der Waals surface area contributed by atoms with Gasteiger partial charge < -0.3 is 10.1 Å². The van der Waals surface area contributed by atoms with Crippen molar-refractivity contribution in [1.82, 2.24) is 4.98 Å². The average molecular weight is 339 g/mol. The molecule has 0 amide bonds. The molecule has 0 aliphatic carbocycles. The number of ether oxygens (including phenoxy) is 1. The van der Waals surface area contributed by atoms with E-state index in [2.05, 4.69) is 31.0 Å². The summed E-state index contributed by atoms with van der Waals surface area (Å²) in [7, 11) is 1.28. The molecule has 0 atom stereocenters. The summed E-state index contributed by atoms with van der Waals surface area (Å²) in [5.41, 5.74) is 1.29. The molecule has 0 spiro atoms. The zero-order valence-electron chi connectivity index (χ0n) is 10.7. The summed E-state index contributed by atoms with van der Waals surface area (Å²) in [6, 6.07) is 7.69. The zero-order valence-corrected chi connectivity index (χ0v) is 12.3. The molecule has 2 aromatic rings. The number of methoxy groups -OCH3 is 1. The Morgan fingerprint density at radius 3 is 2.85 bits per heavy atom. The summed E-state index contributed by atoms with van der Waals surface area (Å²) in [5, 5.41) is 2.91. The second-order valence-electron chi connectivity index (χ2n) is 4.01. The van der Waals surface area contributed by atoms with E-state index in [4.69, 9.17) is 0 Å². The van der Waals surface area contributed by atoms with Crippen molar-refractivity contribution in [2.24, 2.45) is 0 Å². The Hall–Kier alpha value is -1.95. The van der Waals surface area contributed by atoms with E-state index in [0.717, 1.165) is 10.2 Å². The molecule has 6 heteroatoms. The molecule has 0 bridgehead atoms. The van der Waals surface area contributed by atoms with Gasteiger partial charge in [0.05, 0.1) is 30.6 Å². The molecule has 2 rings (SSSR count). The van der Waals surface area contributed by atoms with Gasteiger partial charge in [-0.25, -0.2) is 9.18 Å². The van der Waals surface area contributed by atoms with Crippen molar-refractivity contribution in [3.63, 3.8) is 0 Å². The first-order valence-electron chi connectivity index (χ1n) is 5.82. The van der Waals surface area contributed by atoms with Crippen molar-refractivity contribution < 1.29 is 13.9 Å². The number of rotatable bonds is 4. The predicted octanol–water partition coefficient (Wildman–Crippen LogP) is 3.38. The highest BCUT2D eigenvalue weighted by Gasteiger charge is 2.09. The molecule has 1 N–H and O–H groups in total. The predicted molar refractivity (Wildman–Crippen MR) is 77.0 cm³/mol. The van der Waals surface area contributed by atoms with Crippen LogP contribution in [-0.2, 0) is 11.3 Å². The van der Waals surface area contributed by atoms with Gasteiger partial charge in [-0.15, -0.1) is 0 Å². The van der Waals surface area contributed by atoms with Gasteiger partial charge >= 0.3 is 5.97 Å². The van der Waals surface area contributed by atoms with Crippen LogP contribution >= 0.6 is 15.9 Å². The summed E-state index contributed by atoms with van der Waals surface area (Å²) in [4.78, 5) is 15.6. The molecule has 1 aromatic carbocycles. The molecule has 0 saturated heterocycles. The van der Waals surface area contributed by atoms with Crippen LogP contribution in [0.25, 0.3) is 0 Å². The van der Waals surface area contributed by atoms with Gasteiger partial charge in [-0.3, -0.25) is 4.98 Å². The topological polar surface area (TPSA) is 51.2 Å². The molecule has 0 unspecified atom stereocenters. The van der Waals surface area contributed by atoms with E-state index < -0.39 is 11.8 Å². The number of anilines is 1. The summed E-state index contributed by atoms with van der Waals surface area (Å²) >= 11 is 3.29. The van der Waals surface area contributed by atoms with Crippen LogP contribution in [0.15, 0.2) is 41.0 Å². The monoisotopic (exact) mass is 338 g/mol. The Balaban J connectivity index is 2.12. The Morgan fingerprint density at radius 2 is 2.20 bits per heavy atom. The average Bonchev–Trinajstić information content (AvgIpc) is 2.47. The minimum atomic E-state index is -0.505. The van der Waals surface area contributed by atoms with Crippen LogP contribution in [0.3, 0.4) is 0 Å². The number of esters is 1. The number of carbonyl (C=O) groups is 1. The molecule has 0 saturated carbocycles. The van der Waals surface area contributed by atoms with Crippen LogP contribution in [0.5, 0.6) is 0 Å². The first-order valence-corrected chi connectivity index (χ1v) is 6.61. The Morgan fingerprint density at radius 1 is 1.40 bits per heavy atom. The second kappa shape index (κ2) is 6.47. The number of hydrogen-bond donors (Lipinski definition) is 1. The largest absolute Gasteiger partial charge is 0.465 e. The van der Waals surface area contributed by atoms with E-state index in [1.807, 2.05) is 12.1 Å². The highest BCUT2D eigenvalue weighted by Crippen LogP contribution is 2.18. The Kier molecular flexibility index (Phi) is 4.68. The zero-order chi connectivity index (χ0) is 14.5. The summed E-state index contributed by atoms with van der Waals surface area (Å²) in [5.74, 6) is -0.940. The Labute approximate surface area is 124 Å². The molecular formula is C14H12BrFN2O2. The van der Waals surface area contributed by atoms with E-state index in [9.17, 15) is 9.18 Å². The minimum Gasteiger partial charge on any atom is -0.465 e. The van der Waals surface area contributed by atoms with E-state index in [-0.39, 0.29) is 5.69 Å². The molecule has 0 aliphatic heterocycles. The second-order valence-corrected chi connectivity index (χ2v) is 4.92. The number of halogens is 2. The van der Waals surface area contributed by atoms with E-state index in [1.54, 1.807) is 6.20 Å². The van der Waals surface area contributed by atoms with Crippen LogP contribution in [0.2, 0.25) is 0 Å². The van der Waals surface area contributed by atoms with Crippen molar-refractivity contribution in [2.75, 3.05) is 12.4 Å². The van der Waals surface area contributed by atoms with E-state index in [0.29, 0.717) is 12.1 Å². The lowest BCUT2D eigenvalue weighted by Gasteiger charge is -2.09. The van der Waals surface area contributed by atoms with Gasteiger partial charge in [0, 0.05) is 10.7 Å². The maximum atomic E-state index is 13.7. The highest BCUT2D eigenvalue weighted by molar-refractivity contribution is 9.10. The molecular weight excluding hydrogens is 327 g/mol. The number of hydrogen-bond acceptors (Lipinski definition) is 4. The standard InChI is InChI=1S/C14H12BrFN2O2/c1-20-14(19)9-2-5-12(16)13(6-9)18-8-11-4-3-10(15)7-17-11/h2-7,18H,8H2,1H3. The molecule has 1 heterocycles. The molecule has 0 fully saturated rings. The van der Waals surface area contributed by atoms with Gasteiger partial charge in [-0.05, 0) is 46.3 Å². The van der Waals surface area contributed by atoms with Gasteiger partial charge in [-0.1, -0.05) is 0 Å². The van der Waals surface area contributed by atoms with Gasteiger partial charge in [0.2, 0.25) is 0 Å². The normalized spacial score (nSPS) is 10.2. The molecule has 0 aliphatic rings. The third kappa shape index (κ3) is 3.54. The maximum Gasteiger partial charge on any atom is 0.337 e. The van der Waals surface area contributed by atoms with Gasteiger partial charge in [-0.2, -0.15) is 0 Å². The first kappa shape index (κ1) is 14.5. The van der Waals surface area contributed by atoms with Gasteiger partial charge in [0.15, 0.2) is 0 Å². The number of aromatic nitrogens is 1. The van der Waals surface area contributed by atoms with Crippen LogP contribution in [0.4, 0.5) is 10.1 Å². The molecule has 1 aromatic heterocycles. The van der Waals surface area contributed by atoms with Gasteiger partial charge in [0.1, 0.15) is 5.82 Å². The van der Waals surface area contributed by atoms with Crippen molar-refractivity contribution in [3.05, 3.63) is 58.1 Å². The third-order valence-corrected chi connectivity index (χ3v) is 3.11. The van der Waals surface area contributed by atoms with Crippen molar-refractivity contribution in [1.29, 1.82) is 0 Å². The molecule has 104 valence electrons.